The van der Waals surface area contributed by atoms with E-state index in [9.17, 15) is 14.5 Å². The van der Waals surface area contributed by atoms with Gasteiger partial charge in [0.05, 0.1) is 5.29 Å². The maximum absolute atomic E-state index is 10.6. The van der Waals surface area contributed by atoms with E-state index in [1.54, 1.807) is 10.9 Å². The van der Waals surface area contributed by atoms with Crippen molar-refractivity contribution in [1.29, 1.82) is 0 Å². The van der Waals surface area contributed by atoms with Crippen molar-refractivity contribution in [1.82, 2.24) is 15.9 Å². The molecule has 0 unspecified atom stereocenters. The molecule has 0 fully saturated rings. The summed E-state index contributed by atoms with van der Waals surface area (Å²) in [4.78, 5) is 31.3. The van der Waals surface area contributed by atoms with Crippen molar-refractivity contribution in [2.24, 2.45) is 17.0 Å². The summed E-state index contributed by atoms with van der Waals surface area (Å²) in [7, 11) is 0. The number of carbonyl (C=O) groups is 2. The molecule has 13 heavy (non-hydrogen) atoms. The number of nitrogens with one attached hydrogen (secondary N) is 2. The van der Waals surface area contributed by atoms with E-state index < -0.39 is 24.9 Å². The lowest BCUT2D eigenvalue weighted by atomic mass is 10.5. The molecule has 0 rings (SSSR count). The van der Waals surface area contributed by atoms with Crippen molar-refractivity contribution < 1.29 is 9.59 Å². The number of rotatable bonds is 5. The van der Waals surface area contributed by atoms with Crippen molar-refractivity contribution in [3.05, 3.63) is 4.91 Å². The molecule has 74 valence electrons. The van der Waals surface area contributed by atoms with Crippen molar-refractivity contribution in [3.63, 3.8) is 0 Å². The number of nitroso groups, excluding NO2 is 1. The third kappa shape index (κ3) is 4.66. The van der Waals surface area contributed by atoms with E-state index in [0.29, 0.717) is 5.01 Å². The Labute approximate surface area is 73.3 Å². The Morgan fingerprint density at radius 2 is 1.54 bits per heavy atom. The van der Waals surface area contributed by atoms with Gasteiger partial charge in [0, 0.05) is 0 Å². The van der Waals surface area contributed by atoms with E-state index in [1.165, 1.54) is 0 Å². The van der Waals surface area contributed by atoms with Crippen LogP contribution in [0.3, 0.4) is 0 Å². The molecular weight excluding hydrogens is 180 g/mol. The molecule has 0 radical (unpaired) electrons. The Hall–Kier alpha value is -1.74. The summed E-state index contributed by atoms with van der Waals surface area (Å²) in [6.45, 7) is -0.791. The van der Waals surface area contributed by atoms with Crippen LogP contribution in [0.25, 0.3) is 0 Å². The van der Waals surface area contributed by atoms with Gasteiger partial charge in [0.1, 0.15) is 13.1 Å². The molecule has 0 aromatic carbocycles. The van der Waals surface area contributed by atoms with Crippen LogP contribution in [0.5, 0.6) is 0 Å². The van der Waals surface area contributed by atoms with Crippen molar-refractivity contribution in [2.45, 2.75) is 0 Å². The highest BCUT2D eigenvalue weighted by molar-refractivity contribution is 5.80. The van der Waals surface area contributed by atoms with E-state index in [2.05, 4.69) is 5.29 Å². The van der Waals surface area contributed by atoms with Crippen LogP contribution in [0.1, 0.15) is 0 Å². The van der Waals surface area contributed by atoms with Crippen molar-refractivity contribution in [2.75, 3.05) is 13.1 Å². The summed E-state index contributed by atoms with van der Waals surface area (Å²) in [6, 6.07) is 0. The van der Waals surface area contributed by atoms with E-state index in [-0.39, 0.29) is 0 Å². The maximum atomic E-state index is 10.6. The number of carbonyl (C=O) groups excluding carboxylic acids is 2. The normalized spacial score (nSPS) is 8.77. The molecule has 9 heteroatoms. The molecule has 0 heterocycles. The van der Waals surface area contributed by atoms with Gasteiger partial charge in [-0.25, -0.2) is 16.7 Å². The number of nitrogens with zero attached hydrogens (tertiary/aromatic N) is 2. The fraction of sp³-hybridized carbons (Fsp3) is 0.500. The van der Waals surface area contributed by atoms with Crippen LogP contribution in [-0.4, -0.2) is 29.9 Å². The highest BCUT2D eigenvalue weighted by atomic mass is 16.3. The summed E-state index contributed by atoms with van der Waals surface area (Å²) in [5.41, 5.74) is 3.56. The molecule has 0 saturated carbocycles. The Morgan fingerprint density at radius 3 is 1.77 bits per heavy atom. The van der Waals surface area contributed by atoms with Crippen LogP contribution in [0.15, 0.2) is 5.29 Å². The highest BCUT2D eigenvalue weighted by Crippen LogP contribution is 1.86. The van der Waals surface area contributed by atoms with Crippen LogP contribution in [0.2, 0.25) is 0 Å². The van der Waals surface area contributed by atoms with E-state index in [4.69, 9.17) is 11.7 Å². The Kier molecular flexibility index (Phi) is 5.07. The van der Waals surface area contributed by atoms with Crippen LogP contribution < -0.4 is 22.5 Å². The Morgan fingerprint density at radius 1 is 1.15 bits per heavy atom. The molecule has 0 spiro atoms. The van der Waals surface area contributed by atoms with Gasteiger partial charge in [0.2, 0.25) is 0 Å². The summed E-state index contributed by atoms with van der Waals surface area (Å²) in [6.07, 6.45) is 0. The lowest BCUT2D eigenvalue weighted by Gasteiger charge is -2.11. The second-order valence-electron chi connectivity index (χ2n) is 2.04. The molecule has 0 bridgehead atoms. The summed E-state index contributed by atoms with van der Waals surface area (Å²) in [5.74, 6) is 8.22. The summed E-state index contributed by atoms with van der Waals surface area (Å²) >= 11 is 0. The van der Waals surface area contributed by atoms with Crippen LogP contribution in [0.4, 0.5) is 0 Å². The maximum Gasteiger partial charge on any atom is 0.255 e. The molecule has 0 aromatic heterocycles. The van der Waals surface area contributed by atoms with Crippen molar-refractivity contribution >= 4 is 11.8 Å². The van der Waals surface area contributed by atoms with Gasteiger partial charge in [-0.3, -0.25) is 20.4 Å². The lowest BCUT2D eigenvalue weighted by Crippen LogP contribution is -2.43. The Balaban J connectivity index is 3.96. The molecule has 0 atom stereocenters. The average Bonchev–Trinajstić information content (AvgIpc) is 2.16. The molecule has 0 aliphatic rings. The minimum atomic E-state index is -0.635. The highest BCUT2D eigenvalue weighted by Gasteiger charge is 2.11. The zero-order valence-corrected chi connectivity index (χ0v) is 6.69. The zero-order chi connectivity index (χ0) is 10.3. The number of hydrazine groups is 2. The van der Waals surface area contributed by atoms with Gasteiger partial charge in [-0.1, -0.05) is 0 Å². The fourth-order valence-corrected chi connectivity index (χ4v) is 0.536. The first-order chi connectivity index (χ1) is 6.13. The number of amides is 2. The predicted molar refractivity (Wildman–Crippen MR) is 42.0 cm³/mol. The standard InChI is InChI=1S/C4H10N6O3/c5-7-3(11)1-10(9-13)2-4(12)8-6/h1-2,5-6H2,(H,7,11)(H,8,12). The lowest BCUT2D eigenvalue weighted by molar-refractivity contribution is -0.125. The van der Waals surface area contributed by atoms with E-state index in [0.717, 1.165) is 0 Å². The van der Waals surface area contributed by atoms with Gasteiger partial charge >= 0.3 is 0 Å². The minimum absolute atomic E-state index is 0.395. The zero-order valence-electron chi connectivity index (χ0n) is 6.69. The van der Waals surface area contributed by atoms with Crippen LogP contribution in [0, 0.1) is 4.91 Å². The Bertz CT molecular complexity index is 188. The molecule has 0 saturated heterocycles. The molecule has 0 aliphatic carbocycles. The van der Waals surface area contributed by atoms with Crippen LogP contribution >= 0.6 is 0 Å². The first-order valence-corrected chi connectivity index (χ1v) is 3.21. The van der Waals surface area contributed by atoms with Gasteiger partial charge in [-0.15, -0.1) is 4.91 Å². The predicted octanol–water partition coefficient (Wildman–Crippen LogP) is -3.05. The number of hydrogen-bond acceptors (Lipinski definition) is 6. The number of hydrogen-bond donors (Lipinski definition) is 4. The van der Waals surface area contributed by atoms with Gasteiger partial charge in [0.15, 0.2) is 0 Å². The first kappa shape index (κ1) is 11.3. The smallest absolute Gasteiger partial charge is 0.255 e. The third-order valence-corrected chi connectivity index (χ3v) is 1.09. The van der Waals surface area contributed by atoms with Gasteiger partial charge in [-0.05, 0) is 0 Å². The molecule has 9 nitrogen and oxygen atoms in total. The molecule has 2 amide bonds. The van der Waals surface area contributed by atoms with E-state index in [1.807, 2.05) is 0 Å². The minimum Gasteiger partial charge on any atom is -0.293 e. The first-order valence-electron chi connectivity index (χ1n) is 3.21. The topological polar surface area (TPSA) is 143 Å². The third-order valence-electron chi connectivity index (χ3n) is 1.09. The summed E-state index contributed by atoms with van der Waals surface area (Å²) in [5, 5.41) is 3.09. The molecule has 0 aliphatic heterocycles. The fourth-order valence-electron chi connectivity index (χ4n) is 0.536. The molecule has 6 N–H and O–H groups in total. The monoisotopic (exact) mass is 190 g/mol. The largest absolute Gasteiger partial charge is 0.293 e. The van der Waals surface area contributed by atoms with Gasteiger partial charge < -0.3 is 0 Å². The van der Waals surface area contributed by atoms with Gasteiger partial charge in [-0.2, -0.15) is 0 Å². The average molecular weight is 190 g/mol. The number of nitrogens with two attached hydrogens (primary N) is 2. The van der Waals surface area contributed by atoms with Gasteiger partial charge in [0.25, 0.3) is 11.8 Å². The van der Waals surface area contributed by atoms with Crippen LogP contribution in [-0.2, 0) is 9.59 Å². The second kappa shape index (κ2) is 5.85. The van der Waals surface area contributed by atoms with Crippen molar-refractivity contribution in [3.8, 4) is 0 Å². The quantitative estimate of drug-likeness (QED) is 0.157. The molecule has 0 aromatic rings. The molecular formula is C4H10N6O3. The van der Waals surface area contributed by atoms with E-state index >= 15 is 0 Å². The SMILES string of the molecule is NNC(=O)CN(CC(=O)NN)N=O. The summed E-state index contributed by atoms with van der Waals surface area (Å²) < 4.78 is 0. The second-order valence-corrected chi connectivity index (χ2v) is 2.04.